The largest absolute Gasteiger partial charge is 0.481 e. The molecule has 3 aromatic rings. The maximum absolute atomic E-state index is 11.6. The Hall–Kier alpha value is -2.54. The number of benzene rings is 1. The molecule has 24 heavy (non-hydrogen) atoms. The van der Waals surface area contributed by atoms with Crippen LogP contribution in [0.1, 0.15) is 29.3 Å². The molecule has 1 N–H and O–H groups in total. The summed E-state index contributed by atoms with van der Waals surface area (Å²) in [5, 5.41) is 9.53. The van der Waals surface area contributed by atoms with E-state index in [2.05, 4.69) is 0 Å². The number of fused-ring (bicyclic) bond motifs is 4. The van der Waals surface area contributed by atoms with Gasteiger partial charge in [0, 0.05) is 16.6 Å². The first-order chi connectivity index (χ1) is 11.7. The van der Waals surface area contributed by atoms with Crippen molar-refractivity contribution in [3.63, 3.8) is 0 Å². The van der Waals surface area contributed by atoms with E-state index >= 15 is 0 Å². The number of rotatable bonds is 2. The molecule has 7 heteroatoms. The molecule has 1 aliphatic heterocycles. The van der Waals surface area contributed by atoms with Gasteiger partial charge in [0.1, 0.15) is 0 Å². The van der Waals surface area contributed by atoms with Crippen LogP contribution in [0, 0.1) is 0 Å². The van der Waals surface area contributed by atoms with Gasteiger partial charge < -0.3 is 14.6 Å². The minimum absolute atomic E-state index is 0.241. The van der Waals surface area contributed by atoms with Crippen LogP contribution >= 0.6 is 11.3 Å². The van der Waals surface area contributed by atoms with E-state index in [1.165, 1.54) is 0 Å². The Morgan fingerprint density at radius 2 is 2.21 bits per heavy atom. The summed E-state index contributed by atoms with van der Waals surface area (Å²) < 4.78 is 12.7. The Kier molecular flexibility index (Phi) is 2.87. The first kappa shape index (κ1) is 13.9. The van der Waals surface area contributed by atoms with Gasteiger partial charge in [-0.2, -0.15) is 0 Å². The molecule has 0 saturated heterocycles. The molecule has 0 radical (unpaired) electrons. The predicted molar refractivity (Wildman–Crippen MR) is 87.9 cm³/mol. The number of ether oxygens (including phenoxy) is 2. The lowest BCUT2D eigenvalue weighted by Crippen LogP contribution is -2.18. The second-order valence-electron chi connectivity index (χ2n) is 6.04. The maximum atomic E-state index is 11.6. The van der Waals surface area contributed by atoms with Gasteiger partial charge in [-0.1, -0.05) is 0 Å². The van der Waals surface area contributed by atoms with Crippen molar-refractivity contribution in [2.75, 3.05) is 6.79 Å². The summed E-state index contributed by atoms with van der Waals surface area (Å²) in [6.07, 6.45) is 4.48. The van der Waals surface area contributed by atoms with E-state index in [9.17, 15) is 9.90 Å². The number of hydrogen-bond acceptors (Lipinski definition) is 5. The van der Waals surface area contributed by atoms with Crippen LogP contribution in [0.25, 0.3) is 16.2 Å². The number of aliphatic carboxylic acids is 1. The molecular formula is C17H14N2O4S. The highest BCUT2D eigenvalue weighted by Crippen LogP contribution is 2.40. The summed E-state index contributed by atoms with van der Waals surface area (Å²) >= 11 is 1.59. The topological polar surface area (TPSA) is 73.1 Å². The van der Waals surface area contributed by atoms with Gasteiger partial charge in [0.2, 0.25) is 6.79 Å². The summed E-state index contributed by atoms with van der Waals surface area (Å²) in [5.74, 6) is 0.257. The number of carboxylic acids is 1. The number of hydrogen-bond donors (Lipinski definition) is 1. The van der Waals surface area contributed by atoms with Crippen LogP contribution in [-0.2, 0) is 11.2 Å². The van der Waals surface area contributed by atoms with Crippen molar-refractivity contribution in [1.29, 1.82) is 0 Å². The molecule has 2 aromatic heterocycles. The van der Waals surface area contributed by atoms with E-state index in [0.29, 0.717) is 12.2 Å². The molecule has 0 spiro atoms. The SMILES string of the molecule is O=C(O)C1CCCc2sc3nc(-c4ccc5c(c4)OCO5)cn3c21. The van der Waals surface area contributed by atoms with Crippen molar-refractivity contribution in [3.05, 3.63) is 35.0 Å². The van der Waals surface area contributed by atoms with Crippen LogP contribution in [0.2, 0.25) is 0 Å². The quantitative estimate of drug-likeness (QED) is 0.773. The van der Waals surface area contributed by atoms with Crippen LogP contribution < -0.4 is 9.47 Å². The summed E-state index contributed by atoms with van der Waals surface area (Å²) in [5.41, 5.74) is 2.65. The Balaban J connectivity index is 1.63. The number of imidazole rings is 1. The van der Waals surface area contributed by atoms with Crippen LogP contribution in [0.5, 0.6) is 11.5 Å². The van der Waals surface area contributed by atoms with Crippen molar-refractivity contribution in [2.24, 2.45) is 0 Å². The van der Waals surface area contributed by atoms with Crippen LogP contribution in [0.15, 0.2) is 24.4 Å². The molecule has 1 atom stereocenters. The predicted octanol–water partition coefficient (Wildman–Crippen LogP) is 3.30. The van der Waals surface area contributed by atoms with Crippen LogP contribution in [0.3, 0.4) is 0 Å². The van der Waals surface area contributed by atoms with E-state index in [4.69, 9.17) is 14.5 Å². The molecule has 122 valence electrons. The molecule has 0 amide bonds. The highest BCUT2D eigenvalue weighted by molar-refractivity contribution is 7.17. The molecule has 0 fully saturated rings. The molecule has 0 saturated carbocycles. The van der Waals surface area contributed by atoms with Crippen molar-refractivity contribution < 1.29 is 19.4 Å². The lowest BCUT2D eigenvalue weighted by Gasteiger charge is -2.18. The van der Waals surface area contributed by atoms with E-state index in [0.717, 1.165) is 45.4 Å². The molecule has 6 nitrogen and oxygen atoms in total. The number of aromatic nitrogens is 2. The van der Waals surface area contributed by atoms with Crippen molar-refractivity contribution >= 4 is 22.3 Å². The number of aryl methyl sites for hydroxylation is 1. The molecule has 3 heterocycles. The minimum atomic E-state index is -0.756. The summed E-state index contributed by atoms with van der Waals surface area (Å²) in [6, 6.07) is 5.73. The number of carboxylic acid groups (broad SMARTS) is 1. The molecule has 1 unspecified atom stereocenters. The first-order valence-corrected chi connectivity index (χ1v) is 8.66. The Labute approximate surface area is 141 Å². The van der Waals surface area contributed by atoms with Gasteiger partial charge in [-0.05, 0) is 37.5 Å². The number of carbonyl (C=O) groups is 1. The van der Waals surface area contributed by atoms with Gasteiger partial charge in [0.25, 0.3) is 0 Å². The van der Waals surface area contributed by atoms with Gasteiger partial charge >= 0.3 is 5.97 Å². The van der Waals surface area contributed by atoms with Crippen LogP contribution in [-0.4, -0.2) is 27.3 Å². The summed E-state index contributed by atoms with van der Waals surface area (Å²) in [4.78, 5) is 18.3. The average Bonchev–Trinajstić information content (AvgIpc) is 3.26. The van der Waals surface area contributed by atoms with Gasteiger partial charge in [-0.3, -0.25) is 9.20 Å². The summed E-state index contributed by atoms with van der Waals surface area (Å²) in [7, 11) is 0. The van der Waals surface area contributed by atoms with E-state index < -0.39 is 11.9 Å². The maximum Gasteiger partial charge on any atom is 0.312 e. The Morgan fingerprint density at radius 1 is 1.33 bits per heavy atom. The molecule has 1 aliphatic carbocycles. The van der Waals surface area contributed by atoms with E-state index in [1.807, 2.05) is 28.8 Å². The van der Waals surface area contributed by atoms with Crippen LogP contribution in [0.4, 0.5) is 0 Å². The lowest BCUT2D eigenvalue weighted by molar-refractivity contribution is -0.139. The fourth-order valence-corrected chi connectivity index (χ4v) is 4.69. The van der Waals surface area contributed by atoms with E-state index in [1.54, 1.807) is 11.3 Å². The lowest BCUT2D eigenvalue weighted by atomic mass is 9.91. The second kappa shape index (κ2) is 4.98. The highest BCUT2D eigenvalue weighted by atomic mass is 32.1. The zero-order chi connectivity index (χ0) is 16.3. The molecule has 0 bridgehead atoms. The van der Waals surface area contributed by atoms with Gasteiger partial charge in [0.05, 0.1) is 17.3 Å². The van der Waals surface area contributed by atoms with Crippen molar-refractivity contribution in [3.8, 4) is 22.8 Å². The van der Waals surface area contributed by atoms with Gasteiger partial charge in [-0.15, -0.1) is 11.3 Å². The monoisotopic (exact) mass is 342 g/mol. The fourth-order valence-electron chi connectivity index (χ4n) is 3.48. The molecular weight excluding hydrogens is 328 g/mol. The third kappa shape index (κ3) is 1.94. The smallest absolute Gasteiger partial charge is 0.312 e. The highest BCUT2D eigenvalue weighted by Gasteiger charge is 2.31. The zero-order valence-electron chi connectivity index (χ0n) is 12.7. The summed E-state index contributed by atoms with van der Waals surface area (Å²) in [6.45, 7) is 0.241. The van der Waals surface area contributed by atoms with Crippen molar-refractivity contribution in [1.82, 2.24) is 9.38 Å². The average molecular weight is 342 g/mol. The number of thiazole rings is 1. The Morgan fingerprint density at radius 3 is 3.08 bits per heavy atom. The van der Waals surface area contributed by atoms with Gasteiger partial charge in [0.15, 0.2) is 16.5 Å². The molecule has 1 aromatic carbocycles. The zero-order valence-corrected chi connectivity index (χ0v) is 13.5. The second-order valence-corrected chi connectivity index (χ2v) is 7.10. The fraction of sp³-hybridized carbons (Fsp3) is 0.294. The standard InChI is InChI=1S/C17H14N2O4S/c20-16(21)10-2-1-3-14-15(10)19-7-11(18-17(19)24-14)9-4-5-12-13(6-9)23-8-22-12/h4-7,10H,1-3,8H2,(H,20,21). The minimum Gasteiger partial charge on any atom is -0.481 e. The number of nitrogens with zero attached hydrogens (tertiary/aromatic N) is 2. The third-order valence-corrected chi connectivity index (χ3v) is 5.76. The third-order valence-electron chi connectivity index (χ3n) is 4.63. The first-order valence-electron chi connectivity index (χ1n) is 7.84. The molecule has 2 aliphatic rings. The van der Waals surface area contributed by atoms with Gasteiger partial charge in [-0.25, -0.2) is 4.98 Å². The normalized spacial score (nSPS) is 18.8. The Bertz CT molecular complexity index is 975. The van der Waals surface area contributed by atoms with Crippen molar-refractivity contribution in [2.45, 2.75) is 25.2 Å². The van der Waals surface area contributed by atoms with E-state index in [-0.39, 0.29) is 6.79 Å². The molecule has 5 rings (SSSR count).